The fraction of sp³-hybridized carbons (Fsp3) is 0.250. The number of H-pyrrole nitrogens is 1. The highest BCUT2D eigenvalue weighted by Crippen LogP contribution is 2.24. The summed E-state index contributed by atoms with van der Waals surface area (Å²) in [6, 6.07) is 5.73. The third-order valence-electron chi connectivity index (χ3n) is 2.57. The van der Waals surface area contributed by atoms with Gasteiger partial charge in [-0.2, -0.15) is 0 Å². The van der Waals surface area contributed by atoms with Crippen LogP contribution in [0.3, 0.4) is 0 Å². The van der Waals surface area contributed by atoms with Gasteiger partial charge in [-0.15, -0.1) is 10.2 Å². The molecule has 19 heavy (non-hydrogen) atoms. The Morgan fingerprint density at radius 3 is 3.00 bits per heavy atom. The molecule has 0 saturated heterocycles. The standard InChI is InChI=1S/C12H12N4O2S/c1-7-15-16-11(18-7)6-19-12-13-9-4-3-8(17-2)5-10(9)14-12/h3-5H,6H2,1-2H3,(H,13,14). The molecule has 7 heteroatoms. The van der Waals surface area contributed by atoms with E-state index >= 15 is 0 Å². The van der Waals surface area contributed by atoms with Crippen molar-refractivity contribution in [3.05, 3.63) is 30.0 Å². The molecule has 1 N–H and O–H groups in total. The highest BCUT2D eigenvalue weighted by Gasteiger charge is 2.07. The van der Waals surface area contributed by atoms with Crippen LogP contribution < -0.4 is 4.74 Å². The van der Waals surface area contributed by atoms with Crippen LogP contribution in [0.2, 0.25) is 0 Å². The summed E-state index contributed by atoms with van der Waals surface area (Å²) in [7, 11) is 1.64. The molecule has 0 bridgehead atoms. The Kier molecular flexibility index (Phi) is 3.12. The Balaban J connectivity index is 1.77. The number of methoxy groups -OCH3 is 1. The van der Waals surface area contributed by atoms with E-state index in [0.717, 1.165) is 21.9 Å². The lowest BCUT2D eigenvalue weighted by Gasteiger charge is -1.96. The summed E-state index contributed by atoms with van der Waals surface area (Å²) in [5.74, 6) is 2.57. The normalized spacial score (nSPS) is 11.1. The first-order valence-corrected chi connectivity index (χ1v) is 6.69. The molecule has 2 heterocycles. The molecule has 3 rings (SSSR count). The number of aromatic amines is 1. The van der Waals surface area contributed by atoms with Crippen LogP contribution in [0.15, 0.2) is 27.8 Å². The molecule has 2 aromatic heterocycles. The maximum absolute atomic E-state index is 5.31. The second-order valence-corrected chi connectivity index (χ2v) is 4.89. The number of nitrogens with zero attached hydrogens (tertiary/aromatic N) is 3. The van der Waals surface area contributed by atoms with Crippen LogP contribution in [0.5, 0.6) is 5.75 Å². The van der Waals surface area contributed by atoms with Crippen LogP contribution in [0, 0.1) is 6.92 Å². The summed E-state index contributed by atoms with van der Waals surface area (Å²) in [6.07, 6.45) is 0. The molecule has 0 aliphatic heterocycles. The van der Waals surface area contributed by atoms with E-state index in [2.05, 4.69) is 20.2 Å². The average molecular weight is 276 g/mol. The molecule has 0 unspecified atom stereocenters. The number of fused-ring (bicyclic) bond motifs is 1. The van der Waals surface area contributed by atoms with E-state index in [-0.39, 0.29) is 0 Å². The number of aromatic nitrogens is 4. The predicted molar refractivity (Wildman–Crippen MR) is 71.2 cm³/mol. The molecule has 0 atom stereocenters. The minimum Gasteiger partial charge on any atom is -0.497 e. The summed E-state index contributed by atoms with van der Waals surface area (Å²) in [6.45, 7) is 1.77. The first-order chi connectivity index (χ1) is 9.24. The third-order valence-corrected chi connectivity index (χ3v) is 3.43. The third kappa shape index (κ3) is 2.55. The smallest absolute Gasteiger partial charge is 0.226 e. The highest BCUT2D eigenvalue weighted by atomic mass is 32.2. The molecule has 0 aliphatic carbocycles. The van der Waals surface area contributed by atoms with Crippen molar-refractivity contribution >= 4 is 22.8 Å². The summed E-state index contributed by atoms with van der Waals surface area (Å²) >= 11 is 1.52. The van der Waals surface area contributed by atoms with Crippen molar-refractivity contribution in [2.24, 2.45) is 0 Å². The van der Waals surface area contributed by atoms with Crippen molar-refractivity contribution in [3.8, 4) is 5.75 Å². The van der Waals surface area contributed by atoms with Crippen molar-refractivity contribution in [2.45, 2.75) is 17.8 Å². The van der Waals surface area contributed by atoms with Gasteiger partial charge in [-0.05, 0) is 12.1 Å². The summed E-state index contributed by atoms with van der Waals surface area (Å²) in [5.41, 5.74) is 1.86. The number of hydrogen-bond acceptors (Lipinski definition) is 6. The van der Waals surface area contributed by atoms with Gasteiger partial charge in [-0.1, -0.05) is 11.8 Å². The Morgan fingerprint density at radius 2 is 2.26 bits per heavy atom. The molecular formula is C12H12N4O2S. The lowest BCUT2D eigenvalue weighted by atomic mass is 10.3. The van der Waals surface area contributed by atoms with E-state index in [4.69, 9.17) is 9.15 Å². The Bertz CT molecular complexity index is 707. The van der Waals surface area contributed by atoms with Crippen molar-refractivity contribution in [3.63, 3.8) is 0 Å². The molecule has 1 aromatic carbocycles. The minimum atomic E-state index is 0.574. The maximum atomic E-state index is 5.31. The largest absolute Gasteiger partial charge is 0.497 e. The summed E-state index contributed by atoms with van der Waals surface area (Å²) < 4.78 is 10.5. The van der Waals surface area contributed by atoms with Crippen LogP contribution >= 0.6 is 11.8 Å². The predicted octanol–water partition coefficient (Wildman–Crippen LogP) is 2.56. The van der Waals surface area contributed by atoms with Gasteiger partial charge in [-0.25, -0.2) is 4.98 Å². The summed E-state index contributed by atoms with van der Waals surface area (Å²) in [4.78, 5) is 7.70. The Morgan fingerprint density at radius 1 is 1.37 bits per heavy atom. The minimum absolute atomic E-state index is 0.574. The van der Waals surface area contributed by atoms with Crippen molar-refractivity contribution in [1.29, 1.82) is 0 Å². The van der Waals surface area contributed by atoms with Gasteiger partial charge in [0.15, 0.2) is 5.16 Å². The van der Waals surface area contributed by atoms with Gasteiger partial charge >= 0.3 is 0 Å². The first kappa shape index (κ1) is 12.0. The zero-order chi connectivity index (χ0) is 13.2. The van der Waals surface area contributed by atoms with Gasteiger partial charge in [-0.3, -0.25) is 0 Å². The van der Waals surface area contributed by atoms with E-state index in [9.17, 15) is 0 Å². The number of thioether (sulfide) groups is 1. The van der Waals surface area contributed by atoms with Crippen LogP contribution in [-0.2, 0) is 5.75 Å². The van der Waals surface area contributed by atoms with Gasteiger partial charge in [0, 0.05) is 13.0 Å². The molecule has 0 fully saturated rings. The van der Waals surface area contributed by atoms with Crippen LogP contribution in [0.1, 0.15) is 11.8 Å². The number of ether oxygens (including phenoxy) is 1. The molecule has 3 aromatic rings. The fourth-order valence-corrected chi connectivity index (χ4v) is 2.41. The van der Waals surface area contributed by atoms with Crippen LogP contribution in [0.4, 0.5) is 0 Å². The zero-order valence-electron chi connectivity index (χ0n) is 10.5. The molecule has 0 aliphatic rings. The second kappa shape index (κ2) is 4.93. The van der Waals surface area contributed by atoms with Gasteiger partial charge in [0.25, 0.3) is 0 Å². The van der Waals surface area contributed by atoms with Crippen LogP contribution in [-0.4, -0.2) is 27.3 Å². The number of benzene rings is 1. The fourth-order valence-electron chi connectivity index (χ4n) is 1.69. The SMILES string of the molecule is COc1ccc2nc(SCc3nnc(C)o3)[nH]c2c1. The molecule has 0 spiro atoms. The lowest BCUT2D eigenvalue weighted by molar-refractivity contribution is 0.415. The summed E-state index contributed by atoms with van der Waals surface area (Å²) in [5, 5.41) is 8.55. The lowest BCUT2D eigenvalue weighted by Crippen LogP contribution is -1.81. The number of imidazole rings is 1. The highest BCUT2D eigenvalue weighted by molar-refractivity contribution is 7.98. The Labute approximate surface area is 113 Å². The van der Waals surface area contributed by atoms with E-state index in [0.29, 0.717) is 17.5 Å². The number of aryl methyl sites for hydroxylation is 1. The Hall–Kier alpha value is -2.02. The number of nitrogens with one attached hydrogen (secondary N) is 1. The maximum Gasteiger partial charge on any atom is 0.226 e. The molecule has 0 saturated carbocycles. The quantitative estimate of drug-likeness (QED) is 0.738. The van der Waals surface area contributed by atoms with E-state index in [1.807, 2.05) is 18.2 Å². The van der Waals surface area contributed by atoms with Crippen molar-refractivity contribution < 1.29 is 9.15 Å². The molecule has 0 amide bonds. The first-order valence-electron chi connectivity index (χ1n) is 5.70. The van der Waals surface area contributed by atoms with E-state index in [1.54, 1.807) is 14.0 Å². The van der Waals surface area contributed by atoms with Crippen LogP contribution in [0.25, 0.3) is 11.0 Å². The molecule has 0 radical (unpaired) electrons. The van der Waals surface area contributed by atoms with Gasteiger partial charge < -0.3 is 14.1 Å². The number of rotatable bonds is 4. The second-order valence-electron chi connectivity index (χ2n) is 3.93. The van der Waals surface area contributed by atoms with E-state index in [1.165, 1.54) is 11.8 Å². The molecule has 98 valence electrons. The van der Waals surface area contributed by atoms with Gasteiger partial charge in [0.1, 0.15) is 5.75 Å². The zero-order valence-corrected chi connectivity index (χ0v) is 11.3. The topological polar surface area (TPSA) is 76.8 Å². The van der Waals surface area contributed by atoms with Crippen molar-refractivity contribution in [1.82, 2.24) is 20.2 Å². The molecular weight excluding hydrogens is 264 g/mol. The van der Waals surface area contributed by atoms with Gasteiger partial charge in [0.05, 0.1) is 23.9 Å². The van der Waals surface area contributed by atoms with E-state index < -0.39 is 0 Å². The molecule has 6 nitrogen and oxygen atoms in total. The number of hydrogen-bond donors (Lipinski definition) is 1. The monoisotopic (exact) mass is 276 g/mol. The van der Waals surface area contributed by atoms with Gasteiger partial charge in [0.2, 0.25) is 11.8 Å². The van der Waals surface area contributed by atoms with Crippen molar-refractivity contribution in [2.75, 3.05) is 7.11 Å². The average Bonchev–Trinajstić information content (AvgIpc) is 3.01.